The zero-order valence-corrected chi connectivity index (χ0v) is 26.5. The molecule has 2 unspecified atom stereocenters. The number of ether oxygens (including phenoxy) is 2. The van der Waals surface area contributed by atoms with Gasteiger partial charge in [0.25, 0.3) is 5.56 Å². The number of halogens is 1. The van der Waals surface area contributed by atoms with Crippen LogP contribution in [-0.2, 0) is 19.6 Å². The first-order chi connectivity index (χ1) is 21.7. The molecule has 2 aliphatic heterocycles. The van der Waals surface area contributed by atoms with Gasteiger partial charge in [-0.1, -0.05) is 91.0 Å². The highest BCUT2D eigenvalue weighted by atomic mass is 35.7. The summed E-state index contributed by atoms with van der Waals surface area (Å²) in [6.45, 7) is -0.892. The van der Waals surface area contributed by atoms with Crippen LogP contribution in [0.25, 0.3) is 0 Å². The van der Waals surface area contributed by atoms with E-state index in [0.29, 0.717) is 25.1 Å². The summed E-state index contributed by atoms with van der Waals surface area (Å²) >= 11 is 5.83. The Morgan fingerprint density at radius 1 is 0.889 bits per heavy atom. The Balaban J connectivity index is 1.49. The van der Waals surface area contributed by atoms with Gasteiger partial charge in [0.1, 0.15) is 0 Å². The quantitative estimate of drug-likeness (QED) is 0.212. The highest BCUT2D eigenvalue weighted by molar-refractivity contribution is 7.82. The first kappa shape index (κ1) is 31.6. The van der Waals surface area contributed by atoms with Gasteiger partial charge >= 0.3 is 12.6 Å². The van der Waals surface area contributed by atoms with E-state index in [1.165, 1.54) is 15.4 Å². The van der Waals surface area contributed by atoms with Gasteiger partial charge in [-0.2, -0.15) is 0 Å². The molecule has 2 aliphatic rings. The number of aromatic nitrogens is 2. The van der Waals surface area contributed by atoms with Gasteiger partial charge in [-0.05, 0) is 34.9 Å². The van der Waals surface area contributed by atoms with Gasteiger partial charge in [-0.15, -0.1) is 0 Å². The zero-order chi connectivity index (χ0) is 31.6. The molecule has 2 N–H and O–H groups in total. The molecule has 4 aromatic rings. The number of benzene rings is 3. The van der Waals surface area contributed by atoms with Gasteiger partial charge < -0.3 is 14.4 Å². The van der Waals surface area contributed by atoms with E-state index in [4.69, 9.17) is 20.7 Å². The second kappa shape index (κ2) is 13.2. The largest absolute Gasteiger partial charge is 0.375 e. The summed E-state index contributed by atoms with van der Waals surface area (Å²) in [6.07, 6.45) is 0.259. The van der Waals surface area contributed by atoms with E-state index in [2.05, 4.69) is 46.3 Å². The van der Waals surface area contributed by atoms with Crippen molar-refractivity contribution in [3.05, 3.63) is 140 Å². The molecular formula is C33H36ClN4O6P. The lowest BCUT2D eigenvalue weighted by Gasteiger charge is -2.51. The van der Waals surface area contributed by atoms with Crippen LogP contribution in [0.2, 0.25) is 0 Å². The Kier molecular flexibility index (Phi) is 9.27. The average Bonchev–Trinajstić information content (AvgIpc) is 3.04. The summed E-state index contributed by atoms with van der Waals surface area (Å²) in [7, 11) is 0. The molecule has 3 aromatic carbocycles. The van der Waals surface area contributed by atoms with Gasteiger partial charge in [0.05, 0.1) is 24.4 Å². The lowest BCUT2D eigenvalue weighted by Crippen LogP contribution is -2.58. The van der Waals surface area contributed by atoms with Crippen LogP contribution in [0.15, 0.2) is 107 Å². The number of hydrogen-bond donors (Lipinski definition) is 2. The lowest BCUT2D eigenvalue weighted by atomic mass is 9.75. The van der Waals surface area contributed by atoms with Crippen molar-refractivity contribution in [3.8, 4) is 0 Å². The summed E-state index contributed by atoms with van der Waals surface area (Å²) in [5, 5.41) is 0. The fourth-order valence-electron chi connectivity index (χ4n) is 6.62. The van der Waals surface area contributed by atoms with E-state index in [0.717, 1.165) is 16.7 Å². The minimum Gasteiger partial charge on any atom is -0.375 e. The van der Waals surface area contributed by atoms with Crippen molar-refractivity contribution in [3.63, 3.8) is 0 Å². The van der Waals surface area contributed by atoms with Gasteiger partial charge in [-0.25, -0.2) is 9.46 Å². The molecule has 2 saturated heterocycles. The van der Waals surface area contributed by atoms with Crippen LogP contribution in [0, 0.1) is 6.92 Å². The van der Waals surface area contributed by atoms with Gasteiger partial charge in [0.15, 0.2) is 6.23 Å². The molecular weight excluding hydrogens is 615 g/mol. The first-order valence-corrected chi connectivity index (χ1v) is 17.5. The van der Waals surface area contributed by atoms with Crippen molar-refractivity contribution in [2.24, 2.45) is 0 Å². The summed E-state index contributed by atoms with van der Waals surface area (Å²) in [5.41, 5.74) is 1.70. The lowest BCUT2D eigenvalue weighted by molar-refractivity contribution is -0.155. The SMILES string of the molecule is Cc1cn([C@H]2CN(C(c3ccccc3)(c3ccccc3)c3ccccc3)C[C@H](CC3CN(P(=O)(O)Cl)CCO3)O2)c(=O)[nH]c1=O. The molecule has 0 aliphatic carbocycles. The fraction of sp³-hybridized carbons (Fsp3) is 0.333. The second-order valence-electron chi connectivity index (χ2n) is 11.5. The van der Waals surface area contributed by atoms with Crippen molar-refractivity contribution >= 4 is 18.1 Å². The predicted molar refractivity (Wildman–Crippen MR) is 172 cm³/mol. The van der Waals surface area contributed by atoms with Crippen LogP contribution in [-0.4, -0.2) is 69.0 Å². The predicted octanol–water partition coefficient (Wildman–Crippen LogP) is 4.47. The highest BCUT2D eigenvalue weighted by Crippen LogP contribution is 2.51. The van der Waals surface area contributed by atoms with Crippen LogP contribution < -0.4 is 11.2 Å². The third kappa shape index (κ3) is 6.50. The van der Waals surface area contributed by atoms with Crippen molar-refractivity contribution in [1.29, 1.82) is 0 Å². The van der Waals surface area contributed by atoms with Gasteiger partial charge in [0.2, 0.25) is 0 Å². The maximum absolute atomic E-state index is 13.2. The second-order valence-corrected chi connectivity index (χ2v) is 14.4. The molecule has 6 rings (SSSR count). The summed E-state index contributed by atoms with van der Waals surface area (Å²) in [6, 6.07) is 30.7. The number of nitrogens with zero attached hydrogens (tertiary/aromatic N) is 3. The molecule has 0 spiro atoms. The molecule has 0 bridgehead atoms. The van der Waals surface area contributed by atoms with Crippen LogP contribution in [0.3, 0.4) is 0 Å². The van der Waals surface area contributed by atoms with Crippen LogP contribution in [0.4, 0.5) is 0 Å². The zero-order valence-electron chi connectivity index (χ0n) is 24.9. The van der Waals surface area contributed by atoms with Crippen LogP contribution >= 0.6 is 18.1 Å². The maximum Gasteiger partial charge on any atom is 0.360 e. The van der Waals surface area contributed by atoms with E-state index in [9.17, 15) is 19.0 Å². The molecule has 0 amide bonds. The van der Waals surface area contributed by atoms with E-state index in [-0.39, 0.29) is 19.7 Å². The Morgan fingerprint density at radius 2 is 1.44 bits per heavy atom. The Hall–Kier alpha value is -3.34. The number of nitrogens with one attached hydrogen (secondary N) is 1. The Labute approximate surface area is 266 Å². The molecule has 3 heterocycles. The van der Waals surface area contributed by atoms with E-state index in [1.807, 2.05) is 54.6 Å². The Morgan fingerprint density at radius 3 is 1.98 bits per heavy atom. The number of H-pyrrole nitrogens is 1. The molecule has 236 valence electrons. The van der Waals surface area contributed by atoms with Crippen LogP contribution in [0.5, 0.6) is 0 Å². The number of aryl methyl sites for hydroxylation is 1. The minimum atomic E-state index is -3.97. The molecule has 4 atom stereocenters. The van der Waals surface area contributed by atoms with Crippen LogP contribution in [0.1, 0.15) is 34.9 Å². The van der Waals surface area contributed by atoms with Crippen molar-refractivity contribution in [1.82, 2.24) is 19.1 Å². The highest BCUT2D eigenvalue weighted by Gasteiger charge is 2.47. The smallest absolute Gasteiger partial charge is 0.360 e. The van der Waals surface area contributed by atoms with E-state index < -0.39 is 42.1 Å². The summed E-state index contributed by atoms with van der Waals surface area (Å²) < 4.78 is 27.7. The van der Waals surface area contributed by atoms with Crippen molar-refractivity contribution in [2.75, 3.05) is 32.8 Å². The van der Waals surface area contributed by atoms with Crippen molar-refractivity contribution < 1.29 is 18.9 Å². The first-order valence-electron chi connectivity index (χ1n) is 14.9. The fourth-order valence-corrected chi connectivity index (χ4v) is 7.75. The average molecular weight is 651 g/mol. The third-order valence-corrected chi connectivity index (χ3v) is 10.3. The minimum absolute atomic E-state index is 0.167. The van der Waals surface area contributed by atoms with E-state index >= 15 is 0 Å². The molecule has 0 saturated carbocycles. The molecule has 45 heavy (non-hydrogen) atoms. The Bertz CT molecular complexity index is 1670. The maximum atomic E-state index is 13.2. The standard InChI is InChI=1S/C33H36ClN4O6P/c1-24-20-38(32(40)35-31(24)39)30-23-36(21-29(44-30)19-28-22-37(17-18-43-28)45(34,41)42)33(25-11-5-2-6-12-25,26-13-7-3-8-14-26)27-15-9-4-10-16-27/h2-16,20,28-30H,17-19,21-23H2,1H3,(H,41,42)(H,35,39,40)/t28?,29-,30+/m0/s1. The van der Waals surface area contributed by atoms with Gasteiger partial charge in [-0.3, -0.25) is 23.8 Å². The van der Waals surface area contributed by atoms with Gasteiger partial charge in [0, 0.05) is 44.4 Å². The number of aromatic amines is 1. The molecule has 0 radical (unpaired) electrons. The number of rotatable bonds is 8. The number of hydrogen-bond acceptors (Lipinski definition) is 6. The summed E-state index contributed by atoms with van der Waals surface area (Å²) in [5.74, 6) is 0. The number of morpholine rings is 2. The summed E-state index contributed by atoms with van der Waals surface area (Å²) in [4.78, 5) is 40.3. The third-order valence-electron chi connectivity index (χ3n) is 8.65. The van der Waals surface area contributed by atoms with Crippen molar-refractivity contribution in [2.45, 2.75) is 37.3 Å². The van der Waals surface area contributed by atoms with E-state index in [1.54, 1.807) is 6.92 Å². The monoisotopic (exact) mass is 650 g/mol. The molecule has 10 nitrogen and oxygen atoms in total. The normalized spacial score (nSPS) is 23.0. The molecule has 12 heteroatoms. The molecule has 1 aromatic heterocycles. The topological polar surface area (TPSA) is 117 Å². The molecule has 2 fully saturated rings.